The van der Waals surface area contributed by atoms with E-state index < -0.39 is 17.6 Å². The molecule has 2 aromatic rings. The van der Waals surface area contributed by atoms with Gasteiger partial charge < -0.3 is 4.90 Å². The summed E-state index contributed by atoms with van der Waals surface area (Å²) >= 11 is 5.07. The number of rotatable bonds is 4. The van der Waals surface area contributed by atoms with Gasteiger partial charge in [0.2, 0.25) is 0 Å². The van der Waals surface area contributed by atoms with Crippen molar-refractivity contribution in [1.82, 2.24) is 5.32 Å². The highest BCUT2D eigenvalue weighted by Crippen LogP contribution is 2.24. The molecule has 1 fully saturated rings. The number of nitrogens with zero attached hydrogens (tertiary/aromatic N) is 2. The summed E-state index contributed by atoms with van der Waals surface area (Å²) in [5.41, 5.74) is 1.94. The molecule has 0 aliphatic carbocycles. The molecule has 0 aromatic heterocycles. The standard InChI is InChI=1S/C20H18FN3O2S/c1-23(2)14-10-7-13(8-11-14)9-12-15-18(25)22-20(27)24(19(15)26)17-6-4-3-5-16(17)21/h3-8,10-12H,9H2,1-2H3,(H,22,25,27)/b15-12+. The first-order valence-electron chi connectivity index (χ1n) is 8.29. The monoisotopic (exact) mass is 383 g/mol. The number of para-hydroxylation sites is 1. The minimum Gasteiger partial charge on any atom is -0.378 e. The van der Waals surface area contributed by atoms with Gasteiger partial charge in [0.1, 0.15) is 11.4 Å². The fraction of sp³-hybridized carbons (Fsp3) is 0.150. The molecule has 1 heterocycles. The van der Waals surface area contributed by atoms with E-state index in [-0.39, 0.29) is 16.4 Å². The lowest BCUT2D eigenvalue weighted by Crippen LogP contribution is -2.54. The molecule has 1 aliphatic heterocycles. The average Bonchev–Trinajstić information content (AvgIpc) is 2.63. The van der Waals surface area contributed by atoms with Crippen LogP contribution in [0.5, 0.6) is 0 Å². The first kappa shape index (κ1) is 18.7. The molecular formula is C20H18FN3O2S. The zero-order valence-electron chi connectivity index (χ0n) is 14.9. The van der Waals surface area contributed by atoms with Crippen molar-refractivity contribution in [3.8, 4) is 0 Å². The van der Waals surface area contributed by atoms with Crippen LogP contribution in [0.4, 0.5) is 15.8 Å². The van der Waals surface area contributed by atoms with Crippen LogP contribution >= 0.6 is 12.2 Å². The predicted molar refractivity (Wildman–Crippen MR) is 107 cm³/mol. The molecule has 0 radical (unpaired) electrons. The number of allylic oxidation sites excluding steroid dienone is 1. The van der Waals surface area contributed by atoms with E-state index >= 15 is 0 Å². The van der Waals surface area contributed by atoms with Gasteiger partial charge in [-0.15, -0.1) is 0 Å². The Hall–Kier alpha value is -3.06. The number of nitrogens with one attached hydrogen (secondary N) is 1. The summed E-state index contributed by atoms with van der Waals surface area (Å²) in [6, 6.07) is 13.6. The first-order chi connectivity index (χ1) is 12.9. The summed E-state index contributed by atoms with van der Waals surface area (Å²) in [5, 5.41) is 2.32. The number of hydrogen-bond donors (Lipinski definition) is 1. The summed E-state index contributed by atoms with van der Waals surface area (Å²) in [4.78, 5) is 28.0. The van der Waals surface area contributed by atoms with E-state index in [0.29, 0.717) is 6.42 Å². The Morgan fingerprint density at radius 3 is 2.41 bits per heavy atom. The van der Waals surface area contributed by atoms with Crippen LogP contribution in [0, 0.1) is 5.82 Å². The van der Waals surface area contributed by atoms with Gasteiger partial charge in [-0.1, -0.05) is 30.3 Å². The number of anilines is 2. The predicted octanol–water partition coefficient (Wildman–Crippen LogP) is 2.81. The Bertz CT molecular complexity index is 938. The highest BCUT2D eigenvalue weighted by atomic mass is 32.1. The Morgan fingerprint density at radius 2 is 1.78 bits per heavy atom. The summed E-state index contributed by atoms with van der Waals surface area (Å²) in [6.45, 7) is 0. The van der Waals surface area contributed by atoms with Gasteiger partial charge >= 0.3 is 0 Å². The molecule has 0 spiro atoms. The highest BCUT2D eigenvalue weighted by molar-refractivity contribution is 7.80. The van der Waals surface area contributed by atoms with E-state index in [2.05, 4.69) is 5.32 Å². The smallest absolute Gasteiger partial charge is 0.270 e. The number of amides is 2. The number of carbonyl (C=O) groups excluding carboxylic acids is 2. The maximum absolute atomic E-state index is 14.1. The third kappa shape index (κ3) is 3.88. The van der Waals surface area contributed by atoms with Crippen LogP contribution in [-0.2, 0) is 16.0 Å². The van der Waals surface area contributed by atoms with Crippen LogP contribution in [0.25, 0.3) is 0 Å². The number of carbonyl (C=O) groups is 2. The minimum atomic E-state index is -0.640. The normalized spacial score (nSPS) is 15.9. The minimum absolute atomic E-state index is 0.00809. The second-order valence-corrected chi connectivity index (χ2v) is 6.62. The summed E-state index contributed by atoms with van der Waals surface area (Å²) in [5.74, 6) is -1.82. The molecule has 1 aliphatic rings. The average molecular weight is 383 g/mol. The Morgan fingerprint density at radius 1 is 1.11 bits per heavy atom. The highest BCUT2D eigenvalue weighted by Gasteiger charge is 2.35. The second-order valence-electron chi connectivity index (χ2n) is 6.23. The maximum Gasteiger partial charge on any atom is 0.270 e. The molecule has 2 aromatic carbocycles. The van der Waals surface area contributed by atoms with Crippen molar-refractivity contribution in [3.05, 3.63) is 71.6 Å². The van der Waals surface area contributed by atoms with E-state index in [0.717, 1.165) is 16.2 Å². The third-order valence-electron chi connectivity index (χ3n) is 4.19. The van der Waals surface area contributed by atoms with Gasteiger partial charge in [-0.2, -0.15) is 0 Å². The summed E-state index contributed by atoms with van der Waals surface area (Å²) in [6.07, 6.45) is 1.93. The number of benzene rings is 2. The van der Waals surface area contributed by atoms with Crippen molar-refractivity contribution in [2.24, 2.45) is 0 Å². The molecule has 1 saturated heterocycles. The Labute approximate surface area is 162 Å². The fourth-order valence-electron chi connectivity index (χ4n) is 2.71. The van der Waals surface area contributed by atoms with E-state index in [1.807, 2.05) is 43.3 Å². The molecule has 0 saturated carbocycles. The van der Waals surface area contributed by atoms with Crippen molar-refractivity contribution in [3.63, 3.8) is 0 Å². The lowest BCUT2D eigenvalue weighted by molar-refractivity contribution is -0.122. The van der Waals surface area contributed by atoms with Crippen molar-refractivity contribution in [2.45, 2.75) is 6.42 Å². The molecule has 2 amide bonds. The van der Waals surface area contributed by atoms with Crippen molar-refractivity contribution < 1.29 is 14.0 Å². The van der Waals surface area contributed by atoms with Crippen LogP contribution in [0.15, 0.2) is 60.2 Å². The van der Waals surface area contributed by atoms with Crippen molar-refractivity contribution in [2.75, 3.05) is 23.9 Å². The molecule has 3 rings (SSSR count). The molecule has 5 nitrogen and oxygen atoms in total. The zero-order valence-corrected chi connectivity index (χ0v) is 15.7. The van der Waals surface area contributed by atoms with Crippen LogP contribution in [-0.4, -0.2) is 31.0 Å². The van der Waals surface area contributed by atoms with Gasteiger partial charge in [0.05, 0.1) is 5.69 Å². The molecule has 0 atom stereocenters. The lowest BCUT2D eigenvalue weighted by atomic mass is 10.1. The lowest BCUT2D eigenvalue weighted by Gasteiger charge is -2.29. The fourth-order valence-corrected chi connectivity index (χ4v) is 2.99. The maximum atomic E-state index is 14.1. The van der Waals surface area contributed by atoms with Crippen LogP contribution < -0.4 is 15.1 Å². The SMILES string of the molecule is CN(C)c1ccc(C/C=C2\C(=O)NC(=S)N(c3ccccc3F)C2=O)cc1. The van der Waals surface area contributed by atoms with Crippen molar-refractivity contribution in [1.29, 1.82) is 0 Å². The number of hydrogen-bond acceptors (Lipinski definition) is 4. The molecule has 0 bridgehead atoms. The van der Waals surface area contributed by atoms with Crippen molar-refractivity contribution >= 4 is 40.5 Å². The number of thiocarbonyl (C=S) groups is 1. The second kappa shape index (κ2) is 7.67. The molecule has 0 unspecified atom stereocenters. The molecule has 1 N–H and O–H groups in total. The van der Waals surface area contributed by atoms with Crippen LogP contribution in [0.1, 0.15) is 5.56 Å². The largest absolute Gasteiger partial charge is 0.378 e. The van der Waals surface area contributed by atoms with Gasteiger partial charge in [-0.05, 0) is 48.5 Å². The van der Waals surface area contributed by atoms with E-state index in [9.17, 15) is 14.0 Å². The van der Waals surface area contributed by atoms with Gasteiger partial charge in [-0.25, -0.2) is 9.29 Å². The quantitative estimate of drug-likeness (QED) is 0.501. The molecule has 138 valence electrons. The third-order valence-corrected chi connectivity index (χ3v) is 4.47. The summed E-state index contributed by atoms with van der Waals surface area (Å²) < 4.78 is 14.1. The Balaban J connectivity index is 1.86. The van der Waals surface area contributed by atoms with E-state index in [4.69, 9.17) is 12.2 Å². The van der Waals surface area contributed by atoms with Crippen LogP contribution in [0.2, 0.25) is 0 Å². The van der Waals surface area contributed by atoms with Crippen LogP contribution in [0.3, 0.4) is 0 Å². The summed E-state index contributed by atoms with van der Waals surface area (Å²) in [7, 11) is 3.89. The van der Waals surface area contributed by atoms with Gasteiger partial charge in [0.15, 0.2) is 5.11 Å². The van der Waals surface area contributed by atoms with E-state index in [1.165, 1.54) is 24.3 Å². The molecule has 27 heavy (non-hydrogen) atoms. The number of halogens is 1. The van der Waals surface area contributed by atoms with E-state index in [1.54, 1.807) is 6.07 Å². The zero-order chi connectivity index (χ0) is 19.6. The van der Waals surface area contributed by atoms with Gasteiger partial charge in [-0.3, -0.25) is 14.9 Å². The van der Waals surface area contributed by atoms with Gasteiger partial charge in [0.25, 0.3) is 11.8 Å². The first-order valence-corrected chi connectivity index (χ1v) is 8.70. The molecular weight excluding hydrogens is 365 g/mol. The van der Waals surface area contributed by atoms with Gasteiger partial charge in [0, 0.05) is 19.8 Å². The Kier molecular flexibility index (Phi) is 5.32. The topological polar surface area (TPSA) is 52.7 Å². The molecule has 7 heteroatoms.